The molecule has 3 aromatic carbocycles. The number of carbonyl (C=O) groups excluding carboxylic acids is 2. The van der Waals surface area contributed by atoms with Crippen molar-refractivity contribution in [2.45, 2.75) is 6.54 Å². The molecule has 3 rings (SSSR count). The second kappa shape index (κ2) is 9.71. The third kappa shape index (κ3) is 6.05. The third-order valence-corrected chi connectivity index (χ3v) is 4.37. The minimum Gasteiger partial charge on any atom is -0.376 e. The Kier molecular flexibility index (Phi) is 6.81. The van der Waals surface area contributed by atoms with Gasteiger partial charge < -0.3 is 16.0 Å². The molecular weight excluding hydrogens is 393 g/mol. The molecule has 148 valence electrons. The molecule has 0 aliphatic heterocycles. The molecule has 3 aromatic rings. The number of carbonyl (C=O) groups is 2. The van der Waals surface area contributed by atoms with Crippen LogP contribution in [0.3, 0.4) is 0 Å². The Morgan fingerprint density at radius 3 is 2.45 bits per heavy atom. The molecule has 5 nitrogen and oxygen atoms in total. The molecule has 0 unspecified atom stereocenters. The fraction of sp³-hybridized carbons (Fsp3) is 0.0909. The summed E-state index contributed by atoms with van der Waals surface area (Å²) in [7, 11) is 0. The van der Waals surface area contributed by atoms with Gasteiger partial charge in [-0.2, -0.15) is 0 Å². The predicted molar refractivity (Wildman–Crippen MR) is 113 cm³/mol. The second-order valence-electron chi connectivity index (χ2n) is 6.28. The summed E-state index contributed by atoms with van der Waals surface area (Å²) in [5.41, 5.74) is 2.52. The predicted octanol–water partition coefficient (Wildman–Crippen LogP) is 4.46. The summed E-state index contributed by atoms with van der Waals surface area (Å²) < 4.78 is 13.2. The van der Waals surface area contributed by atoms with Gasteiger partial charge in [-0.05, 0) is 42.0 Å². The number of benzene rings is 3. The lowest BCUT2D eigenvalue weighted by atomic mass is 10.1. The van der Waals surface area contributed by atoms with Crippen LogP contribution in [0, 0.1) is 5.82 Å². The van der Waals surface area contributed by atoms with Crippen molar-refractivity contribution in [2.75, 3.05) is 17.2 Å². The van der Waals surface area contributed by atoms with E-state index in [0.29, 0.717) is 23.5 Å². The fourth-order valence-corrected chi connectivity index (χ4v) is 2.79. The largest absolute Gasteiger partial charge is 0.376 e. The van der Waals surface area contributed by atoms with E-state index < -0.39 is 5.82 Å². The lowest BCUT2D eigenvalue weighted by Crippen LogP contribution is -2.23. The molecule has 29 heavy (non-hydrogen) atoms. The van der Waals surface area contributed by atoms with Crippen LogP contribution in [0.25, 0.3) is 0 Å². The van der Waals surface area contributed by atoms with Crippen molar-refractivity contribution < 1.29 is 14.0 Å². The number of rotatable bonds is 7. The highest BCUT2D eigenvalue weighted by Crippen LogP contribution is 2.19. The summed E-state index contributed by atoms with van der Waals surface area (Å²) in [6, 6.07) is 20.4. The standard InChI is InChI=1S/C22H19ClFN3O2/c23-19-12-18(9-10-20(19)24)27-21(28)14-25-17-8-4-7-16(11-17)22(29)26-13-15-5-2-1-3-6-15/h1-12,25H,13-14H2,(H,26,29)(H,27,28). The molecule has 0 heterocycles. The first-order chi connectivity index (χ1) is 14.0. The summed E-state index contributed by atoms with van der Waals surface area (Å²) in [4.78, 5) is 24.4. The van der Waals surface area contributed by atoms with Crippen molar-refractivity contribution in [1.29, 1.82) is 0 Å². The second-order valence-corrected chi connectivity index (χ2v) is 6.69. The Bertz CT molecular complexity index is 1010. The molecule has 0 saturated heterocycles. The van der Waals surface area contributed by atoms with Crippen LogP contribution in [0.4, 0.5) is 15.8 Å². The first-order valence-electron chi connectivity index (χ1n) is 8.92. The SMILES string of the molecule is O=C(CNc1cccc(C(=O)NCc2ccccc2)c1)Nc1ccc(F)c(Cl)c1. The Hall–Kier alpha value is -3.38. The Morgan fingerprint density at radius 1 is 0.897 bits per heavy atom. The van der Waals surface area contributed by atoms with Gasteiger partial charge in [-0.15, -0.1) is 0 Å². The van der Waals surface area contributed by atoms with Gasteiger partial charge in [-0.1, -0.05) is 48.0 Å². The molecule has 0 saturated carbocycles. The number of hydrogen-bond acceptors (Lipinski definition) is 3. The van der Waals surface area contributed by atoms with E-state index in [0.717, 1.165) is 5.56 Å². The Balaban J connectivity index is 1.53. The van der Waals surface area contributed by atoms with Crippen LogP contribution in [0.15, 0.2) is 72.8 Å². The van der Waals surface area contributed by atoms with Gasteiger partial charge in [-0.3, -0.25) is 9.59 Å². The van der Waals surface area contributed by atoms with Gasteiger partial charge in [0.25, 0.3) is 5.91 Å². The zero-order valence-electron chi connectivity index (χ0n) is 15.4. The van der Waals surface area contributed by atoms with E-state index in [1.165, 1.54) is 18.2 Å². The van der Waals surface area contributed by atoms with Crippen molar-refractivity contribution in [1.82, 2.24) is 5.32 Å². The third-order valence-electron chi connectivity index (χ3n) is 4.08. The zero-order chi connectivity index (χ0) is 20.6. The quantitative estimate of drug-likeness (QED) is 0.537. The van der Waals surface area contributed by atoms with E-state index in [9.17, 15) is 14.0 Å². The minimum absolute atomic E-state index is 0.0237. The van der Waals surface area contributed by atoms with E-state index in [2.05, 4.69) is 16.0 Å². The number of halogens is 2. The highest BCUT2D eigenvalue weighted by atomic mass is 35.5. The van der Waals surface area contributed by atoms with Crippen LogP contribution in [-0.2, 0) is 11.3 Å². The number of nitrogens with one attached hydrogen (secondary N) is 3. The molecule has 0 aromatic heterocycles. The summed E-state index contributed by atoms with van der Waals surface area (Å²) in [6.45, 7) is 0.407. The molecular formula is C22H19ClFN3O2. The molecule has 7 heteroatoms. The molecule has 0 radical (unpaired) electrons. The zero-order valence-corrected chi connectivity index (χ0v) is 16.2. The molecule has 0 aliphatic carbocycles. The maximum absolute atomic E-state index is 13.2. The van der Waals surface area contributed by atoms with Gasteiger partial charge in [0.1, 0.15) is 5.82 Å². The van der Waals surface area contributed by atoms with E-state index in [4.69, 9.17) is 11.6 Å². The fourth-order valence-electron chi connectivity index (χ4n) is 2.61. The Labute approximate surface area is 172 Å². The average molecular weight is 412 g/mol. The van der Waals surface area contributed by atoms with Gasteiger partial charge in [0.2, 0.25) is 5.91 Å². The number of hydrogen-bond donors (Lipinski definition) is 3. The Morgan fingerprint density at radius 2 is 1.69 bits per heavy atom. The van der Waals surface area contributed by atoms with E-state index >= 15 is 0 Å². The number of amides is 2. The maximum Gasteiger partial charge on any atom is 0.251 e. The summed E-state index contributed by atoms with van der Waals surface area (Å²) in [6.07, 6.45) is 0. The lowest BCUT2D eigenvalue weighted by molar-refractivity contribution is -0.114. The molecule has 0 fully saturated rings. The van der Waals surface area contributed by atoms with Gasteiger partial charge in [0.05, 0.1) is 11.6 Å². The maximum atomic E-state index is 13.2. The minimum atomic E-state index is -0.551. The molecule has 2 amide bonds. The monoisotopic (exact) mass is 411 g/mol. The van der Waals surface area contributed by atoms with Gasteiger partial charge >= 0.3 is 0 Å². The topological polar surface area (TPSA) is 70.2 Å². The summed E-state index contributed by atoms with van der Waals surface area (Å²) in [5, 5.41) is 8.38. The first kappa shape index (κ1) is 20.4. The summed E-state index contributed by atoms with van der Waals surface area (Å²) in [5.74, 6) is -1.08. The average Bonchev–Trinajstić information content (AvgIpc) is 2.74. The van der Waals surface area contributed by atoms with E-state index in [1.54, 1.807) is 24.3 Å². The van der Waals surface area contributed by atoms with Crippen LogP contribution >= 0.6 is 11.6 Å². The van der Waals surface area contributed by atoms with Crippen molar-refractivity contribution in [3.8, 4) is 0 Å². The highest BCUT2D eigenvalue weighted by molar-refractivity contribution is 6.31. The lowest BCUT2D eigenvalue weighted by Gasteiger charge is -2.10. The number of anilines is 2. The van der Waals surface area contributed by atoms with Crippen molar-refractivity contribution in [3.63, 3.8) is 0 Å². The van der Waals surface area contributed by atoms with Gasteiger partial charge in [-0.25, -0.2) is 4.39 Å². The van der Waals surface area contributed by atoms with Crippen LogP contribution < -0.4 is 16.0 Å². The molecule has 0 bridgehead atoms. The normalized spacial score (nSPS) is 10.3. The molecule has 0 spiro atoms. The van der Waals surface area contributed by atoms with Gasteiger partial charge in [0, 0.05) is 23.5 Å². The highest BCUT2D eigenvalue weighted by Gasteiger charge is 2.08. The first-order valence-corrected chi connectivity index (χ1v) is 9.30. The van der Waals surface area contributed by atoms with Crippen molar-refractivity contribution in [2.24, 2.45) is 0 Å². The summed E-state index contributed by atoms with van der Waals surface area (Å²) >= 11 is 5.70. The van der Waals surface area contributed by atoms with Crippen molar-refractivity contribution >= 4 is 34.8 Å². The molecule has 3 N–H and O–H groups in total. The van der Waals surface area contributed by atoms with E-state index in [-0.39, 0.29) is 23.4 Å². The van der Waals surface area contributed by atoms with Crippen LogP contribution in [0.2, 0.25) is 5.02 Å². The molecule has 0 atom stereocenters. The van der Waals surface area contributed by atoms with Crippen LogP contribution in [-0.4, -0.2) is 18.4 Å². The van der Waals surface area contributed by atoms with Crippen LogP contribution in [0.5, 0.6) is 0 Å². The molecule has 0 aliphatic rings. The van der Waals surface area contributed by atoms with E-state index in [1.807, 2.05) is 30.3 Å². The smallest absolute Gasteiger partial charge is 0.251 e. The van der Waals surface area contributed by atoms with Crippen LogP contribution in [0.1, 0.15) is 15.9 Å². The van der Waals surface area contributed by atoms with Gasteiger partial charge in [0.15, 0.2) is 0 Å². The van der Waals surface area contributed by atoms with Crippen molar-refractivity contribution in [3.05, 3.63) is 94.8 Å².